The summed E-state index contributed by atoms with van der Waals surface area (Å²) in [7, 11) is 0. The molecule has 0 amide bonds. The lowest BCUT2D eigenvalue weighted by atomic mass is 9.93. The molecule has 1 aromatic rings. The van der Waals surface area contributed by atoms with Crippen molar-refractivity contribution in [3.05, 3.63) is 51.5 Å². The third-order valence-corrected chi connectivity index (χ3v) is 4.36. The van der Waals surface area contributed by atoms with Gasteiger partial charge < -0.3 is 9.84 Å². The first-order valence-corrected chi connectivity index (χ1v) is 7.98. The average Bonchev–Trinajstić information content (AvgIpc) is 2.94. The number of nitriles is 1. The van der Waals surface area contributed by atoms with Crippen LogP contribution in [-0.2, 0) is 0 Å². The fourth-order valence-corrected chi connectivity index (χ4v) is 3.26. The molecule has 26 heavy (non-hydrogen) atoms. The maximum Gasteiger partial charge on any atom is 0.446 e. The van der Waals surface area contributed by atoms with Crippen molar-refractivity contribution in [3.63, 3.8) is 0 Å². The fourth-order valence-electron chi connectivity index (χ4n) is 2.58. The van der Waals surface area contributed by atoms with Gasteiger partial charge in [-0.15, -0.1) is 0 Å². The number of rotatable bonds is 3. The zero-order valence-corrected chi connectivity index (χ0v) is 13.5. The second-order valence-corrected chi connectivity index (χ2v) is 6.52. The van der Waals surface area contributed by atoms with E-state index in [4.69, 9.17) is 10.00 Å². The number of aliphatic imine (C=N–C) groups is 1. The summed E-state index contributed by atoms with van der Waals surface area (Å²) in [4.78, 5) is 3.37. The Morgan fingerprint density at radius 3 is 2.69 bits per heavy atom. The van der Waals surface area contributed by atoms with Crippen LogP contribution < -0.4 is 4.74 Å². The molecule has 0 radical (unpaired) electrons. The predicted octanol–water partition coefficient (Wildman–Crippen LogP) is 3.98. The molecule has 10 heteroatoms. The van der Waals surface area contributed by atoms with Gasteiger partial charge in [0.15, 0.2) is 0 Å². The van der Waals surface area contributed by atoms with Crippen molar-refractivity contribution in [1.82, 2.24) is 0 Å². The Bertz CT molecular complexity index is 886. The van der Waals surface area contributed by atoms with Gasteiger partial charge in [-0.05, 0) is 23.9 Å². The monoisotopic (exact) mass is 388 g/mol. The van der Waals surface area contributed by atoms with E-state index in [0.717, 1.165) is 18.3 Å². The lowest BCUT2D eigenvalue weighted by Crippen LogP contribution is -2.31. The van der Waals surface area contributed by atoms with Gasteiger partial charge in [0.05, 0.1) is 11.6 Å². The van der Waals surface area contributed by atoms with Gasteiger partial charge in [0, 0.05) is 29.2 Å². The molecule has 0 aromatic heterocycles. The minimum Gasteiger partial charge on any atom is -0.459 e. The molecule has 4 nitrogen and oxygen atoms in total. The molecular weight excluding hydrogens is 379 g/mol. The van der Waals surface area contributed by atoms with Crippen LogP contribution in [0.4, 0.5) is 22.0 Å². The third kappa shape index (κ3) is 3.73. The molecule has 0 saturated heterocycles. The summed E-state index contributed by atoms with van der Waals surface area (Å²) in [5, 5.41) is 18.8. The highest BCUT2D eigenvalue weighted by Crippen LogP contribution is 2.45. The number of hydrogen-bond acceptors (Lipinski definition) is 5. The van der Waals surface area contributed by atoms with Crippen molar-refractivity contribution in [2.45, 2.75) is 24.2 Å². The molecule has 2 unspecified atom stereocenters. The summed E-state index contributed by atoms with van der Waals surface area (Å²) in [6, 6.07) is 4.83. The Balaban J connectivity index is 2.01. The van der Waals surface area contributed by atoms with Crippen LogP contribution in [0.15, 0.2) is 45.1 Å². The summed E-state index contributed by atoms with van der Waals surface area (Å²) in [6.45, 7) is 0. The van der Waals surface area contributed by atoms with E-state index in [1.165, 1.54) is 6.07 Å². The minimum absolute atomic E-state index is 0.0442. The molecule has 1 N–H and O–H groups in total. The van der Waals surface area contributed by atoms with Gasteiger partial charge >= 0.3 is 5.51 Å². The summed E-state index contributed by atoms with van der Waals surface area (Å²) < 4.78 is 70.9. The van der Waals surface area contributed by atoms with Crippen molar-refractivity contribution in [1.29, 1.82) is 5.26 Å². The standard InChI is InChI=1S/C16H9F5N2O2S/c17-8-1-7(5-22)2-9(3-8)25-11-4-10(18)15(24)13-12(6-23-14(11)13)26-16(19,20)21/h1-3,6,10,15,24H,4H2. The van der Waals surface area contributed by atoms with E-state index in [9.17, 15) is 27.1 Å². The van der Waals surface area contributed by atoms with E-state index in [1.54, 1.807) is 6.07 Å². The lowest BCUT2D eigenvalue weighted by molar-refractivity contribution is -0.0321. The van der Waals surface area contributed by atoms with Crippen LogP contribution in [0.1, 0.15) is 12.0 Å². The van der Waals surface area contributed by atoms with Gasteiger partial charge in [0.1, 0.15) is 35.3 Å². The molecule has 0 saturated carbocycles. The van der Waals surface area contributed by atoms with E-state index in [2.05, 4.69) is 4.99 Å². The van der Waals surface area contributed by atoms with Crippen LogP contribution in [0.25, 0.3) is 0 Å². The quantitative estimate of drug-likeness (QED) is 0.796. The Kier molecular flexibility index (Phi) is 4.77. The number of halogens is 5. The van der Waals surface area contributed by atoms with Gasteiger partial charge in [-0.1, -0.05) is 0 Å². The number of thioether (sulfide) groups is 1. The number of hydrogen-bond donors (Lipinski definition) is 1. The van der Waals surface area contributed by atoms with Crippen molar-refractivity contribution < 1.29 is 31.8 Å². The van der Waals surface area contributed by atoms with Crippen LogP contribution >= 0.6 is 11.8 Å². The van der Waals surface area contributed by atoms with Crippen molar-refractivity contribution in [3.8, 4) is 11.8 Å². The van der Waals surface area contributed by atoms with Crippen molar-refractivity contribution >= 4 is 18.0 Å². The number of allylic oxidation sites excluding steroid dienone is 2. The number of alkyl halides is 4. The van der Waals surface area contributed by atoms with Gasteiger partial charge in [-0.2, -0.15) is 18.4 Å². The normalized spacial score (nSPS) is 22.5. The Morgan fingerprint density at radius 2 is 2.04 bits per heavy atom. The molecule has 2 atom stereocenters. The molecule has 2 aliphatic rings. The number of aliphatic hydroxyl groups is 1. The van der Waals surface area contributed by atoms with Crippen LogP contribution in [0.3, 0.4) is 0 Å². The maximum absolute atomic E-state index is 14.1. The van der Waals surface area contributed by atoms with E-state index in [0.29, 0.717) is 0 Å². The second-order valence-electron chi connectivity index (χ2n) is 5.41. The third-order valence-electron chi connectivity index (χ3n) is 3.58. The molecule has 3 rings (SSSR count). The Labute approximate surface area is 148 Å². The number of benzene rings is 1. The molecule has 0 fully saturated rings. The molecule has 1 aromatic carbocycles. The first kappa shape index (κ1) is 18.4. The van der Waals surface area contributed by atoms with E-state index < -0.39 is 46.7 Å². The van der Waals surface area contributed by atoms with Crippen LogP contribution in [0.2, 0.25) is 0 Å². The highest BCUT2D eigenvalue weighted by molar-refractivity contribution is 8.04. The summed E-state index contributed by atoms with van der Waals surface area (Å²) in [5.74, 6) is -1.04. The molecule has 0 spiro atoms. The largest absolute Gasteiger partial charge is 0.459 e. The first-order chi connectivity index (χ1) is 12.2. The Hall–Kier alpha value is -2.38. The number of nitrogens with zero attached hydrogens (tertiary/aromatic N) is 2. The van der Waals surface area contributed by atoms with Crippen molar-refractivity contribution in [2.24, 2.45) is 4.99 Å². The fraction of sp³-hybridized carbons (Fsp3) is 0.250. The lowest BCUT2D eigenvalue weighted by Gasteiger charge is -2.27. The molecular formula is C16H9F5N2O2S. The summed E-state index contributed by atoms with van der Waals surface area (Å²) in [5.41, 5.74) is -5.13. The molecule has 1 aliphatic heterocycles. The first-order valence-electron chi connectivity index (χ1n) is 7.16. The molecule has 1 heterocycles. The van der Waals surface area contributed by atoms with Crippen LogP contribution in [0, 0.1) is 17.1 Å². The van der Waals surface area contributed by atoms with Gasteiger partial charge in [0.25, 0.3) is 0 Å². The maximum atomic E-state index is 14.1. The topological polar surface area (TPSA) is 65.6 Å². The van der Waals surface area contributed by atoms with Gasteiger partial charge in [0.2, 0.25) is 0 Å². The van der Waals surface area contributed by atoms with E-state index in [-0.39, 0.29) is 28.3 Å². The summed E-state index contributed by atoms with van der Waals surface area (Å²) >= 11 is -0.516. The van der Waals surface area contributed by atoms with Crippen molar-refractivity contribution in [2.75, 3.05) is 0 Å². The smallest absolute Gasteiger partial charge is 0.446 e. The Morgan fingerprint density at radius 1 is 1.31 bits per heavy atom. The minimum atomic E-state index is -4.64. The average molecular weight is 388 g/mol. The number of ether oxygens (including phenoxy) is 1. The molecule has 1 aliphatic carbocycles. The number of aliphatic hydroxyl groups excluding tert-OH is 1. The SMILES string of the molecule is N#Cc1cc(F)cc(OC2=C3N=CC(SC(F)(F)F)=C3C(O)C(F)C2)c1. The van der Waals surface area contributed by atoms with Gasteiger partial charge in [-0.3, -0.25) is 4.99 Å². The van der Waals surface area contributed by atoms with Crippen LogP contribution in [-0.4, -0.2) is 29.1 Å². The van der Waals surface area contributed by atoms with Crippen LogP contribution in [0.5, 0.6) is 5.75 Å². The summed E-state index contributed by atoms with van der Waals surface area (Å²) in [6.07, 6.45) is -3.29. The number of fused-ring (bicyclic) bond motifs is 1. The van der Waals surface area contributed by atoms with E-state index in [1.807, 2.05) is 0 Å². The zero-order valence-electron chi connectivity index (χ0n) is 12.7. The predicted molar refractivity (Wildman–Crippen MR) is 83.5 cm³/mol. The van der Waals surface area contributed by atoms with E-state index >= 15 is 0 Å². The second kappa shape index (κ2) is 6.74. The molecule has 136 valence electrons. The van der Waals surface area contributed by atoms with Gasteiger partial charge in [-0.25, -0.2) is 8.78 Å². The zero-order chi connectivity index (χ0) is 19.1. The molecule has 0 bridgehead atoms. The highest BCUT2D eigenvalue weighted by atomic mass is 32.2. The highest BCUT2D eigenvalue weighted by Gasteiger charge is 2.41.